The van der Waals surface area contributed by atoms with Crippen LogP contribution in [0.4, 0.5) is 0 Å². The highest BCUT2D eigenvalue weighted by Gasteiger charge is 2.16. The fourth-order valence-electron chi connectivity index (χ4n) is 2.93. The lowest BCUT2D eigenvalue weighted by molar-refractivity contribution is 0.373. The maximum absolute atomic E-state index is 10.0. The molecule has 0 radical (unpaired) electrons. The minimum atomic E-state index is 0.206. The predicted octanol–water partition coefficient (Wildman–Crippen LogP) is 4.18. The standard InChI is InChI=1S/C19H20O3/c1-21-15-9-7-13(8-10-15)16-6-4-3-5-14-11-18(20)19(22-2)12-17(14)16/h6-12,20H,3-5H2,1-2H3. The molecular formula is C19H20O3. The van der Waals surface area contributed by atoms with Gasteiger partial charge >= 0.3 is 0 Å². The van der Waals surface area contributed by atoms with E-state index in [-0.39, 0.29) is 5.75 Å². The molecule has 1 aliphatic carbocycles. The number of hydrogen-bond acceptors (Lipinski definition) is 3. The van der Waals surface area contributed by atoms with Gasteiger partial charge < -0.3 is 14.6 Å². The molecule has 0 amide bonds. The molecule has 0 atom stereocenters. The average molecular weight is 296 g/mol. The molecule has 0 heterocycles. The van der Waals surface area contributed by atoms with Crippen molar-refractivity contribution in [1.82, 2.24) is 0 Å². The summed E-state index contributed by atoms with van der Waals surface area (Å²) in [6.07, 6.45) is 5.34. The van der Waals surface area contributed by atoms with Gasteiger partial charge in [-0.15, -0.1) is 0 Å². The van der Waals surface area contributed by atoms with Crippen molar-refractivity contribution in [2.24, 2.45) is 0 Å². The third-order valence-electron chi connectivity index (χ3n) is 4.09. The summed E-state index contributed by atoms with van der Waals surface area (Å²) in [5.74, 6) is 1.57. The molecular weight excluding hydrogens is 276 g/mol. The summed E-state index contributed by atoms with van der Waals surface area (Å²) in [6.45, 7) is 0. The molecule has 0 bridgehead atoms. The minimum Gasteiger partial charge on any atom is -0.504 e. The third-order valence-corrected chi connectivity index (χ3v) is 4.09. The first-order valence-electron chi connectivity index (χ1n) is 7.47. The van der Waals surface area contributed by atoms with Crippen LogP contribution in [0.15, 0.2) is 42.5 Å². The van der Waals surface area contributed by atoms with Gasteiger partial charge in [-0.05, 0) is 65.8 Å². The number of aryl methyl sites for hydroxylation is 1. The van der Waals surface area contributed by atoms with E-state index in [1.807, 2.05) is 24.3 Å². The molecule has 0 aliphatic heterocycles. The Labute approximate surface area is 130 Å². The second-order valence-electron chi connectivity index (χ2n) is 5.42. The summed E-state index contributed by atoms with van der Waals surface area (Å²) in [6, 6.07) is 11.8. The number of allylic oxidation sites excluding steroid dienone is 1. The van der Waals surface area contributed by atoms with E-state index in [1.54, 1.807) is 14.2 Å². The van der Waals surface area contributed by atoms with Crippen molar-refractivity contribution in [2.45, 2.75) is 19.3 Å². The van der Waals surface area contributed by atoms with E-state index in [1.165, 1.54) is 5.57 Å². The zero-order chi connectivity index (χ0) is 15.5. The highest BCUT2D eigenvalue weighted by Crippen LogP contribution is 2.38. The van der Waals surface area contributed by atoms with Crippen molar-refractivity contribution in [3.05, 3.63) is 59.2 Å². The average Bonchev–Trinajstić information content (AvgIpc) is 2.76. The van der Waals surface area contributed by atoms with Gasteiger partial charge in [-0.2, -0.15) is 0 Å². The summed E-state index contributed by atoms with van der Waals surface area (Å²) in [4.78, 5) is 0. The number of fused-ring (bicyclic) bond motifs is 1. The van der Waals surface area contributed by atoms with Crippen LogP contribution in [0, 0.1) is 0 Å². The second kappa shape index (κ2) is 6.14. The Kier molecular flexibility index (Phi) is 4.05. The molecule has 3 heteroatoms. The van der Waals surface area contributed by atoms with Gasteiger partial charge in [-0.25, -0.2) is 0 Å². The Balaban J connectivity index is 2.10. The van der Waals surface area contributed by atoms with Crippen molar-refractivity contribution in [3.63, 3.8) is 0 Å². The summed E-state index contributed by atoms with van der Waals surface area (Å²) < 4.78 is 10.5. The van der Waals surface area contributed by atoms with Gasteiger partial charge in [0.15, 0.2) is 11.5 Å². The Hall–Kier alpha value is -2.42. The molecule has 3 nitrogen and oxygen atoms in total. The monoisotopic (exact) mass is 296 g/mol. The molecule has 0 aromatic heterocycles. The van der Waals surface area contributed by atoms with E-state index in [0.717, 1.165) is 41.7 Å². The number of benzene rings is 2. The van der Waals surface area contributed by atoms with Crippen LogP contribution in [0.25, 0.3) is 5.57 Å². The Morgan fingerprint density at radius 3 is 2.45 bits per heavy atom. The second-order valence-corrected chi connectivity index (χ2v) is 5.42. The van der Waals surface area contributed by atoms with E-state index in [0.29, 0.717) is 5.75 Å². The van der Waals surface area contributed by atoms with Crippen LogP contribution in [-0.4, -0.2) is 19.3 Å². The first-order valence-corrected chi connectivity index (χ1v) is 7.47. The van der Waals surface area contributed by atoms with Gasteiger partial charge in [0.25, 0.3) is 0 Å². The van der Waals surface area contributed by atoms with Crippen molar-refractivity contribution in [1.29, 1.82) is 0 Å². The third kappa shape index (κ3) is 2.67. The van der Waals surface area contributed by atoms with Crippen molar-refractivity contribution in [3.8, 4) is 17.2 Å². The normalized spacial score (nSPS) is 13.8. The summed E-state index contributed by atoms with van der Waals surface area (Å²) in [5, 5.41) is 10.0. The molecule has 2 aromatic carbocycles. The predicted molar refractivity (Wildman–Crippen MR) is 87.7 cm³/mol. The molecule has 3 rings (SSSR count). The number of phenols is 1. The van der Waals surface area contributed by atoms with Gasteiger partial charge in [-0.3, -0.25) is 0 Å². The summed E-state index contributed by atoms with van der Waals surface area (Å²) >= 11 is 0. The zero-order valence-electron chi connectivity index (χ0n) is 12.9. The van der Waals surface area contributed by atoms with Crippen LogP contribution < -0.4 is 9.47 Å². The molecule has 0 spiro atoms. The fraction of sp³-hybridized carbons (Fsp3) is 0.263. The van der Waals surface area contributed by atoms with Crippen LogP contribution in [-0.2, 0) is 6.42 Å². The van der Waals surface area contributed by atoms with Gasteiger partial charge in [0, 0.05) is 0 Å². The maximum Gasteiger partial charge on any atom is 0.161 e. The number of ether oxygens (including phenoxy) is 2. The van der Waals surface area contributed by atoms with Crippen LogP contribution in [0.1, 0.15) is 29.5 Å². The molecule has 22 heavy (non-hydrogen) atoms. The SMILES string of the molecule is COc1ccc(C2=CCCCc3cc(O)c(OC)cc32)cc1. The Morgan fingerprint density at radius 2 is 1.77 bits per heavy atom. The molecule has 0 saturated carbocycles. The molecule has 0 unspecified atom stereocenters. The minimum absolute atomic E-state index is 0.206. The lowest BCUT2D eigenvalue weighted by atomic mass is 9.93. The number of methoxy groups -OCH3 is 2. The summed E-state index contributed by atoms with van der Waals surface area (Å²) in [7, 11) is 3.25. The highest BCUT2D eigenvalue weighted by atomic mass is 16.5. The van der Waals surface area contributed by atoms with E-state index >= 15 is 0 Å². The van der Waals surface area contributed by atoms with E-state index in [9.17, 15) is 5.11 Å². The number of rotatable bonds is 3. The van der Waals surface area contributed by atoms with Gasteiger partial charge in [0.2, 0.25) is 0 Å². The van der Waals surface area contributed by atoms with Crippen LogP contribution >= 0.6 is 0 Å². The summed E-state index contributed by atoms with van der Waals surface area (Å²) in [5.41, 5.74) is 4.64. The van der Waals surface area contributed by atoms with Gasteiger partial charge in [0.1, 0.15) is 5.75 Å². The van der Waals surface area contributed by atoms with Gasteiger partial charge in [0.05, 0.1) is 14.2 Å². The highest BCUT2D eigenvalue weighted by molar-refractivity contribution is 5.83. The van der Waals surface area contributed by atoms with Crippen LogP contribution in [0.3, 0.4) is 0 Å². The molecule has 114 valence electrons. The lowest BCUT2D eigenvalue weighted by Gasteiger charge is -2.14. The van der Waals surface area contributed by atoms with E-state index < -0.39 is 0 Å². The van der Waals surface area contributed by atoms with E-state index in [2.05, 4.69) is 18.2 Å². The lowest BCUT2D eigenvalue weighted by Crippen LogP contribution is -1.96. The quantitative estimate of drug-likeness (QED) is 0.923. The Bertz CT molecular complexity index is 699. The zero-order valence-corrected chi connectivity index (χ0v) is 12.9. The molecule has 1 aliphatic rings. The number of aromatic hydroxyl groups is 1. The molecule has 0 fully saturated rings. The maximum atomic E-state index is 10.0. The molecule has 0 saturated heterocycles. The van der Waals surface area contributed by atoms with Crippen molar-refractivity contribution in [2.75, 3.05) is 14.2 Å². The molecule has 2 aromatic rings. The Morgan fingerprint density at radius 1 is 1.00 bits per heavy atom. The van der Waals surface area contributed by atoms with Crippen LogP contribution in [0.2, 0.25) is 0 Å². The fourth-order valence-corrected chi connectivity index (χ4v) is 2.93. The van der Waals surface area contributed by atoms with Crippen molar-refractivity contribution < 1.29 is 14.6 Å². The molecule has 1 N–H and O–H groups in total. The van der Waals surface area contributed by atoms with Crippen LogP contribution in [0.5, 0.6) is 17.2 Å². The topological polar surface area (TPSA) is 38.7 Å². The smallest absolute Gasteiger partial charge is 0.161 e. The number of phenolic OH excluding ortho intramolecular Hbond substituents is 1. The van der Waals surface area contributed by atoms with Crippen molar-refractivity contribution >= 4 is 5.57 Å². The largest absolute Gasteiger partial charge is 0.504 e. The first kappa shape index (κ1) is 14.5. The first-order chi connectivity index (χ1) is 10.7. The number of hydrogen-bond donors (Lipinski definition) is 1. The van der Waals surface area contributed by atoms with Gasteiger partial charge in [-0.1, -0.05) is 18.2 Å². The van der Waals surface area contributed by atoms with E-state index in [4.69, 9.17) is 9.47 Å².